The molecule has 0 bridgehead atoms. The first kappa shape index (κ1) is 24.9. The number of aromatic nitrogens is 2. The predicted molar refractivity (Wildman–Crippen MR) is 142 cm³/mol. The van der Waals surface area contributed by atoms with Crippen molar-refractivity contribution in [2.75, 3.05) is 5.73 Å². The number of non-ortho nitro benzene ring substituents is 1. The Labute approximate surface area is 224 Å². The fraction of sp³-hybridized carbons (Fsp3) is 0. The molecule has 6 aromatic rings. The molecule has 0 unspecified atom stereocenters. The highest BCUT2D eigenvalue weighted by Gasteiger charge is 2.14. The zero-order valence-corrected chi connectivity index (χ0v) is 20.7. The van der Waals surface area contributed by atoms with E-state index >= 15 is 0 Å². The van der Waals surface area contributed by atoms with Crippen LogP contribution < -0.4 is 15.2 Å². The number of anilines is 1. The third kappa shape index (κ3) is 5.61. The number of fused-ring (bicyclic) bond motifs is 2. The van der Waals surface area contributed by atoms with Gasteiger partial charge in [0.25, 0.3) is 5.69 Å². The molecule has 0 saturated carbocycles. The van der Waals surface area contributed by atoms with Gasteiger partial charge in [0, 0.05) is 17.8 Å². The summed E-state index contributed by atoms with van der Waals surface area (Å²) in [6, 6.07) is 23.5. The van der Waals surface area contributed by atoms with Gasteiger partial charge in [0.2, 0.25) is 0 Å². The zero-order chi connectivity index (χ0) is 26.6. The molecule has 2 heterocycles. The van der Waals surface area contributed by atoms with Crippen molar-refractivity contribution in [1.82, 2.24) is 9.97 Å². The van der Waals surface area contributed by atoms with E-state index in [0.717, 1.165) is 5.52 Å². The molecule has 0 aliphatic carbocycles. The molecule has 0 radical (unpaired) electrons. The molecular formula is C26H16Cl2N4O6. The number of hydrogen-bond acceptors (Lipinski definition) is 9. The smallest absolute Gasteiger partial charge is 0.400 e. The summed E-state index contributed by atoms with van der Waals surface area (Å²) in [5, 5.41) is 11.1. The molecule has 0 aliphatic heterocycles. The minimum atomic E-state index is -0.533. The number of nitrogens with zero attached hydrogens (tertiary/aromatic N) is 3. The van der Waals surface area contributed by atoms with Gasteiger partial charge in [-0.1, -0.05) is 47.5 Å². The largest absolute Gasteiger partial charge is 0.409 e. The Kier molecular flexibility index (Phi) is 6.98. The van der Waals surface area contributed by atoms with Gasteiger partial charge in [0.1, 0.15) is 11.0 Å². The van der Waals surface area contributed by atoms with Crippen LogP contribution >= 0.6 is 23.2 Å². The molecule has 4 aromatic carbocycles. The van der Waals surface area contributed by atoms with Gasteiger partial charge in [-0.2, -0.15) is 9.97 Å². The van der Waals surface area contributed by atoms with E-state index in [9.17, 15) is 10.1 Å². The first-order valence-electron chi connectivity index (χ1n) is 10.9. The number of oxazole rings is 2. The predicted octanol–water partition coefficient (Wildman–Crippen LogP) is 8.04. The van der Waals surface area contributed by atoms with E-state index in [4.69, 9.17) is 47.2 Å². The number of nitrogens with two attached hydrogens (primary N) is 1. The lowest BCUT2D eigenvalue weighted by atomic mass is 10.3. The number of para-hydroxylation sites is 4. The summed E-state index contributed by atoms with van der Waals surface area (Å²) in [6.45, 7) is 0. The molecule has 0 amide bonds. The maximum Gasteiger partial charge on any atom is 0.400 e. The van der Waals surface area contributed by atoms with Gasteiger partial charge in [-0.15, -0.1) is 0 Å². The van der Waals surface area contributed by atoms with Gasteiger partial charge >= 0.3 is 12.2 Å². The SMILES string of the molecule is Nc1ccc(Oc2nc3ccccc3o2)c(Cl)c1.O=[N+]([O-])c1ccc(Oc2nc3ccccc3o2)c(Cl)c1. The van der Waals surface area contributed by atoms with Crippen LogP contribution in [0, 0.1) is 10.1 Å². The molecule has 0 aliphatic rings. The van der Waals surface area contributed by atoms with Crippen molar-refractivity contribution in [3.63, 3.8) is 0 Å². The van der Waals surface area contributed by atoms with E-state index in [1.54, 1.807) is 30.3 Å². The average Bonchev–Trinajstić information content (AvgIpc) is 3.50. The van der Waals surface area contributed by atoms with Crippen LogP contribution in [0.3, 0.4) is 0 Å². The summed E-state index contributed by atoms with van der Waals surface area (Å²) in [5.74, 6) is 0.696. The lowest BCUT2D eigenvalue weighted by molar-refractivity contribution is -0.384. The Morgan fingerprint density at radius 3 is 1.71 bits per heavy atom. The van der Waals surface area contributed by atoms with Crippen LogP contribution in [0.4, 0.5) is 11.4 Å². The van der Waals surface area contributed by atoms with Crippen molar-refractivity contribution >= 4 is 56.8 Å². The van der Waals surface area contributed by atoms with E-state index in [0.29, 0.717) is 33.1 Å². The first-order valence-corrected chi connectivity index (χ1v) is 11.7. The van der Waals surface area contributed by atoms with E-state index in [-0.39, 0.29) is 28.6 Å². The summed E-state index contributed by atoms with van der Waals surface area (Å²) in [5.41, 5.74) is 8.70. The highest BCUT2D eigenvalue weighted by atomic mass is 35.5. The van der Waals surface area contributed by atoms with Gasteiger partial charge in [0.05, 0.1) is 15.0 Å². The standard InChI is InChI=1S/C13H7ClN2O4.C13H9ClN2O2/c14-9-7-8(16(17)18)5-6-11(9)19-13-15-10-3-1-2-4-12(10)20-13;14-9-7-8(15)5-6-11(9)17-13-16-10-3-1-2-4-12(10)18-13/h1-7H;1-7H,15H2. The number of nitro groups is 1. The molecule has 2 aromatic heterocycles. The van der Waals surface area contributed by atoms with Crippen LogP contribution in [0.1, 0.15) is 0 Å². The summed E-state index contributed by atoms with van der Waals surface area (Å²) in [7, 11) is 0. The monoisotopic (exact) mass is 550 g/mol. The number of nitro benzene ring substituents is 1. The topological polar surface area (TPSA) is 140 Å². The second kappa shape index (κ2) is 10.7. The van der Waals surface area contributed by atoms with Crippen LogP contribution in [0.25, 0.3) is 22.2 Å². The molecule has 0 saturated heterocycles. The second-order valence-electron chi connectivity index (χ2n) is 7.66. The molecule has 0 atom stereocenters. The quantitative estimate of drug-likeness (QED) is 0.128. The van der Waals surface area contributed by atoms with Gasteiger partial charge in [0.15, 0.2) is 22.7 Å². The summed E-state index contributed by atoms with van der Waals surface area (Å²) in [4.78, 5) is 18.4. The number of halogens is 2. The molecule has 38 heavy (non-hydrogen) atoms. The molecular weight excluding hydrogens is 535 g/mol. The van der Waals surface area contributed by atoms with Crippen molar-refractivity contribution in [3.05, 3.63) is 105 Å². The van der Waals surface area contributed by atoms with E-state index in [1.165, 1.54) is 18.2 Å². The molecule has 190 valence electrons. The lowest BCUT2D eigenvalue weighted by Crippen LogP contribution is -1.90. The number of hydrogen-bond donors (Lipinski definition) is 1. The van der Waals surface area contributed by atoms with Crippen LogP contribution in [0.2, 0.25) is 10.0 Å². The van der Waals surface area contributed by atoms with Crippen molar-refractivity contribution in [1.29, 1.82) is 0 Å². The van der Waals surface area contributed by atoms with Crippen LogP contribution in [0.15, 0.2) is 93.8 Å². The van der Waals surface area contributed by atoms with Gasteiger partial charge in [-0.3, -0.25) is 10.1 Å². The van der Waals surface area contributed by atoms with Crippen molar-refractivity contribution < 1.29 is 23.2 Å². The van der Waals surface area contributed by atoms with Gasteiger partial charge in [-0.05, 0) is 48.5 Å². The van der Waals surface area contributed by atoms with Gasteiger partial charge < -0.3 is 24.0 Å². The maximum atomic E-state index is 10.6. The lowest BCUT2D eigenvalue weighted by Gasteiger charge is -2.03. The van der Waals surface area contributed by atoms with Gasteiger partial charge in [-0.25, -0.2) is 0 Å². The number of ether oxygens (including phenoxy) is 2. The molecule has 12 heteroatoms. The number of benzene rings is 4. The zero-order valence-electron chi connectivity index (χ0n) is 19.2. The highest BCUT2D eigenvalue weighted by Crippen LogP contribution is 2.34. The Morgan fingerprint density at radius 2 is 1.24 bits per heavy atom. The average molecular weight is 551 g/mol. The normalized spacial score (nSPS) is 10.7. The van der Waals surface area contributed by atoms with Crippen LogP contribution in [-0.2, 0) is 0 Å². The van der Waals surface area contributed by atoms with E-state index < -0.39 is 4.92 Å². The minimum absolute atomic E-state index is 0.0296. The summed E-state index contributed by atoms with van der Waals surface area (Å²) < 4.78 is 21.7. The number of rotatable bonds is 5. The Bertz CT molecular complexity index is 1700. The molecule has 6 rings (SSSR count). The molecule has 0 fully saturated rings. The first-order chi connectivity index (χ1) is 18.4. The fourth-order valence-corrected chi connectivity index (χ4v) is 3.70. The minimum Gasteiger partial charge on any atom is -0.409 e. The molecule has 10 nitrogen and oxygen atoms in total. The molecule has 0 spiro atoms. The third-order valence-electron chi connectivity index (χ3n) is 5.03. The van der Waals surface area contributed by atoms with Crippen molar-refractivity contribution in [2.24, 2.45) is 0 Å². The second-order valence-corrected chi connectivity index (χ2v) is 8.48. The van der Waals surface area contributed by atoms with Crippen molar-refractivity contribution in [2.45, 2.75) is 0 Å². The van der Waals surface area contributed by atoms with Crippen LogP contribution in [0.5, 0.6) is 23.7 Å². The Balaban J connectivity index is 0.000000156. The Morgan fingerprint density at radius 1 is 0.737 bits per heavy atom. The molecule has 2 N–H and O–H groups in total. The number of nitrogen functional groups attached to an aromatic ring is 1. The summed E-state index contributed by atoms with van der Waals surface area (Å²) >= 11 is 11.9. The fourth-order valence-electron chi connectivity index (χ4n) is 3.26. The summed E-state index contributed by atoms with van der Waals surface area (Å²) in [6.07, 6.45) is 0.185. The van der Waals surface area contributed by atoms with E-state index in [2.05, 4.69) is 9.97 Å². The third-order valence-corrected chi connectivity index (χ3v) is 5.62. The maximum absolute atomic E-state index is 10.6. The van der Waals surface area contributed by atoms with Crippen LogP contribution in [-0.4, -0.2) is 14.9 Å². The Hall–Kier alpha value is -4.80. The highest BCUT2D eigenvalue weighted by molar-refractivity contribution is 6.32. The van der Waals surface area contributed by atoms with Crippen molar-refractivity contribution in [3.8, 4) is 23.7 Å². The van der Waals surface area contributed by atoms with E-state index in [1.807, 2.05) is 36.4 Å².